The molecule has 3 unspecified atom stereocenters. The van der Waals surface area contributed by atoms with Gasteiger partial charge in [0.1, 0.15) is 0 Å². The molecule has 30 heavy (non-hydrogen) atoms. The number of fused-ring (bicyclic) bond motifs is 1. The van der Waals surface area contributed by atoms with E-state index < -0.39 is 0 Å². The van der Waals surface area contributed by atoms with Gasteiger partial charge in [-0.15, -0.1) is 0 Å². The smallest absolute Gasteiger partial charge is 0.247 e. The van der Waals surface area contributed by atoms with Crippen molar-refractivity contribution in [1.82, 2.24) is 20.1 Å². The first-order valence-electron chi connectivity index (χ1n) is 10.9. The molecule has 0 radical (unpaired) electrons. The Kier molecular flexibility index (Phi) is 6.06. The number of carbonyl (C=O) groups is 3. The van der Waals surface area contributed by atoms with Crippen LogP contribution in [0.5, 0.6) is 0 Å². The summed E-state index contributed by atoms with van der Waals surface area (Å²) in [5, 5.41) is 1.62. The van der Waals surface area contributed by atoms with E-state index in [9.17, 15) is 14.4 Å². The van der Waals surface area contributed by atoms with Gasteiger partial charge in [0.05, 0.1) is 23.6 Å². The van der Waals surface area contributed by atoms with Crippen molar-refractivity contribution in [3.8, 4) is 0 Å². The van der Waals surface area contributed by atoms with Gasteiger partial charge in [-0.05, 0) is 25.1 Å². The second-order valence-corrected chi connectivity index (χ2v) is 8.47. The molecule has 0 bridgehead atoms. The normalized spacial score (nSPS) is 27.3. The molecule has 0 spiro atoms. The van der Waals surface area contributed by atoms with E-state index in [-0.39, 0.29) is 35.6 Å². The van der Waals surface area contributed by atoms with Gasteiger partial charge < -0.3 is 14.7 Å². The fraction of sp³-hybridized carbons (Fsp3) is 0.591. The van der Waals surface area contributed by atoms with E-state index in [1.54, 1.807) is 16.8 Å². The van der Waals surface area contributed by atoms with E-state index >= 15 is 0 Å². The maximum atomic E-state index is 13.5. The Morgan fingerprint density at radius 2 is 1.70 bits per heavy atom. The van der Waals surface area contributed by atoms with Crippen molar-refractivity contribution in [3.63, 3.8) is 0 Å². The predicted molar refractivity (Wildman–Crippen MR) is 113 cm³/mol. The highest BCUT2D eigenvalue weighted by Gasteiger charge is 2.51. The quantitative estimate of drug-likeness (QED) is 0.781. The Bertz CT molecular complexity index is 793. The molecule has 3 aliphatic heterocycles. The average Bonchev–Trinajstić information content (AvgIpc) is 3.10. The number of likely N-dealkylation sites (tertiary alicyclic amines) is 1. The number of benzene rings is 1. The first-order valence-corrected chi connectivity index (χ1v) is 10.9. The first kappa shape index (κ1) is 20.8. The van der Waals surface area contributed by atoms with Gasteiger partial charge in [0.2, 0.25) is 17.7 Å². The van der Waals surface area contributed by atoms with Gasteiger partial charge in [0.15, 0.2) is 0 Å². The van der Waals surface area contributed by atoms with Gasteiger partial charge in [-0.2, -0.15) is 0 Å². The summed E-state index contributed by atoms with van der Waals surface area (Å²) in [5.41, 5.74) is 4.17. The molecule has 1 aromatic rings. The summed E-state index contributed by atoms with van der Waals surface area (Å²) in [6.45, 7) is 8.15. The molecule has 3 amide bonds. The number of amides is 3. The van der Waals surface area contributed by atoms with Crippen molar-refractivity contribution in [2.75, 3.05) is 50.8 Å². The minimum Gasteiger partial charge on any atom is -0.339 e. The number of hydrazine groups is 1. The standard InChI is InChI=1S/C22H31N5O3/c1-3-9-24-14-18(21(29)26-12-10-25(11-13-26)16(2)28)20-19(15-24)22(30)27(23-20)17-7-5-4-6-8-17/h4-8,18-20,23H,3,9-15H2,1-2H3. The van der Waals surface area contributed by atoms with Gasteiger partial charge in [0, 0.05) is 46.2 Å². The molecule has 162 valence electrons. The molecule has 1 N–H and O–H groups in total. The van der Waals surface area contributed by atoms with Crippen molar-refractivity contribution in [1.29, 1.82) is 0 Å². The fourth-order valence-electron chi connectivity index (χ4n) is 4.91. The minimum atomic E-state index is -0.281. The van der Waals surface area contributed by atoms with Crippen LogP contribution in [0.4, 0.5) is 5.69 Å². The van der Waals surface area contributed by atoms with Crippen LogP contribution in [0.2, 0.25) is 0 Å². The molecule has 0 aromatic heterocycles. The zero-order valence-electron chi connectivity index (χ0n) is 17.8. The third-order valence-corrected chi connectivity index (χ3v) is 6.50. The van der Waals surface area contributed by atoms with Gasteiger partial charge >= 0.3 is 0 Å². The Labute approximate surface area is 177 Å². The monoisotopic (exact) mass is 413 g/mol. The van der Waals surface area contributed by atoms with Crippen molar-refractivity contribution < 1.29 is 14.4 Å². The summed E-state index contributed by atoms with van der Waals surface area (Å²) < 4.78 is 0. The Hall–Kier alpha value is -2.45. The zero-order chi connectivity index (χ0) is 21.3. The van der Waals surface area contributed by atoms with E-state index in [1.165, 1.54) is 0 Å². The van der Waals surface area contributed by atoms with Crippen molar-refractivity contribution in [2.24, 2.45) is 11.8 Å². The Morgan fingerprint density at radius 3 is 2.33 bits per heavy atom. The molecule has 8 heteroatoms. The highest BCUT2D eigenvalue weighted by atomic mass is 16.2. The number of piperazine rings is 1. The summed E-state index contributed by atoms with van der Waals surface area (Å²) in [6.07, 6.45) is 0.986. The number of carbonyl (C=O) groups excluding carboxylic acids is 3. The first-order chi connectivity index (χ1) is 14.5. The molecule has 3 saturated heterocycles. The lowest BCUT2D eigenvalue weighted by Crippen LogP contribution is -2.60. The Morgan fingerprint density at radius 1 is 1.03 bits per heavy atom. The fourth-order valence-corrected chi connectivity index (χ4v) is 4.91. The topological polar surface area (TPSA) is 76.2 Å². The summed E-state index contributed by atoms with van der Waals surface area (Å²) in [4.78, 5) is 44.2. The molecule has 1 aromatic carbocycles. The number of hydrogen-bond donors (Lipinski definition) is 1. The van der Waals surface area contributed by atoms with Crippen molar-refractivity contribution in [2.45, 2.75) is 26.3 Å². The maximum absolute atomic E-state index is 13.5. The van der Waals surface area contributed by atoms with Crippen molar-refractivity contribution in [3.05, 3.63) is 30.3 Å². The molecule has 3 heterocycles. The lowest BCUT2D eigenvalue weighted by Gasteiger charge is -2.42. The lowest BCUT2D eigenvalue weighted by atomic mass is 9.83. The highest BCUT2D eigenvalue weighted by Crippen LogP contribution is 2.33. The number of hydrogen-bond acceptors (Lipinski definition) is 5. The predicted octanol–water partition coefficient (Wildman–Crippen LogP) is 0.555. The average molecular weight is 414 g/mol. The zero-order valence-corrected chi connectivity index (χ0v) is 17.8. The summed E-state index contributed by atoms with van der Waals surface area (Å²) in [6, 6.07) is 9.35. The van der Waals surface area contributed by atoms with Crippen LogP contribution in [-0.2, 0) is 14.4 Å². The number of nitrogens with zero attached hydrogens (tertiary/aromatic N) is 4. The van der Waals surface area contributed by atoms with Crippen LogP contribution >= 0.6 is 0 Å². The lowest BCUT2D eigenvalue weighted by molar-refractivity contribution is -0.144. The van der Waals surface area contributed by atoms with Crippen molar-refractivity contribution >= 4 is 23.4 Å². The largest absolute Gasteiger partial charge is 0.339 e. The number of piperidine rings is 1. The van der Waals surface area contributed by atoms with Crippen LogP contribution in [0.3, 0.4) is 0 Å². The van der Waals surface area contributed by atoms with Crippen LogP contribution in [0, 0.1) is 11.8 Å². The molecule has 0 saturated carbocycles. The second-order valence-electron chi connectivity index (χ2n) is 8.47. The van der Waals surface area contributed by atoms with Gasteiger partial charge in [-0.3, -0.25) is 14.4 Å². The van der Waals surface area contributed by atoms with E-state index in [4.69, 9.17) is 0 Å². The van der Waals surface area contributed by atoms with E-state index in [2.05, 4.69) is 17.2 Å². The number of anilines is 1. The molecule has 4 rings (SSSR count). The van der Waals surface area contributed by atoms with Gasteiger partial charge in [0.25, 0.3) is 0 Å². The second kappa shape index (κ2) is 8.73. The third-order valence-electron chi connectivity index (χ3n) is 6.50. The molecule has 3 aliphatic rings. The molecule has 3 fully saturated rings. The third kappa shape index (κ3) is 3.94. The van der Waals surface area contributed by atoms with Crippen LogP contribution in [-0.4, -0.2) is 84.3 Å². The van der Waals surface area contributed by atoms with Crippen LogP contribution in [0.25, 0.3) is 0 Å². The Balaban J connectivity index is 1.53. The van der Waals surface area contributed by atoms with Gasteiger partial charge in [-0.1, -0.05) is 25.1 Å². The molecule has 0 aliphatic carbocycles. The van der Waals surface area contributed by atoms with E-state index in [0.717, 1.165) is 18.7 Å². The van der Waals surface area contributed by atoms with Crippen LogP contribution < -0.4 is 10.4 Å². The molecular weight excluding hydrogens is 382 g/mol. The van der Waals surface area contributed by atoms with Crippen LogP contribution in [0.1, 0.15) is 20.3 Å². The summed E-state index contributed by atoms with van der Waals surface area (Å²) >= 11 is 0. The molecule has 8 nitrogen and oxygen atoms in total. The summed E-state index contributed by atoms with van der Waals surface area (Å²) in [7, 11) is 0. The SMILES string of the molecule is CCCN1CC(C(=O)N2CCN(C(C)=O)CC2)C2NN(c3ccccc3)C(=O)C2C1. The maximum Gasteiger partial charge on any atom is 0.247 e. The highest BCUT2D eigenvalue weighted by molar-refractivity contribution is 5.98. The minimum absolute atomic E-state index is 0.0335. The number of nitrogens with one attached hydrogen (secondary N) is 1. The van der Waals surface area contributed by atoms with E-state index in [0.29, 0.717) is 39.3 Å². The number of rotatable bonds is 4. The number of para-hydroxylation sites is 1. The van der Waals surface area contributed by atoms with E-state index in [1.807, 2.05) is 35.2 Å². The van der Waals surface area contributed by atoms with Gasteiger partial charge in [-0.25, -0.2) is 10.4 Å². The molecule has 3 atom stereocenters. The summed E-state index contributed by atoms with van der Waals surface area (Å²) in [5.74, 6) is -0.347. The molecular formula is C22H31N5O3. The van der Waals surface area contributed by atoms with Crippen LogP contribution in [0.15, 0.2) is 30.3 Å².